The molecule has 2 aromatic rings. The Kier molecular flexibility index (Phi) is 12.8. The second-order valence-corrected chi connectivity index (χ2v) is 10.7. The first-order valence-electron chi connectivity index (χ1n) is 15.0. The number of carbonyl (C=O) groups excluding carboxylic acids is 2. The fraction of sp³-hybridized carbons (Fsp3) is 0.700. The normalized spacial score (nSPS) is 20.2. The summed E-state index contributed by atoms with van der Waals surface area (Å²) in [4.78, 5) is 36.9. The highest BCUT2D eigenvalue weighted by atomic mass is 19.1. The molecule has 11 heteroatoms. The molecule has 0 bridgehead atoms. The second kappa shape index (κ2) is 16.2. The van der Waals surface area contributed by atoms with Crippen molar-refractivity contribution in [2.75, 3.05) is 12.3 Å². The number of aromatic nitrogens is 4. The molecule has 1 aliphatic rings. The Morgan fingerprint density at radius 2 is 1.66 bits per heavy atom. The zero-order chi connectivity index (χ0) is 29.7. The van der Waals surface area contributed by atoms with Crippen LogP contribution in [0.15, 0.2) is 6.33 Å². The van der Waals surface area contributed by atoms with Crippen molar-refractivity contribution in [3.63, 3.8) is 0 Å². The smallest absolute Gasteiger partial charge is 0.312 e. The number of ether oxygens (including phenoxy) is 3. The van der Waals surface area contributed by atoms with Gasteiger partial charge in [0, 0.05) is 19.3 Å². The predicted molar refractivity (Wildman–Crippen MR) is 153 cm³/mol. The summed E-state index contributed by atoms with van der Waals surface area (Å²) in [6.45, 7) is 4.02. The number of terminal acetylenes is 1. The zero-order valence-corrected chi connectivity index (χ0v) is 24.4. The van der Waals surface area contributed by atoms with Gasteiger partial charge in [0.1, 0.15) is 18.9 Å². The minimum atomic E-state index is -1.54. The molecule has 3 atom stereocenters. The Morgan fingerprint density at radius 3 is 2.29 bits per heavy atom. The van der Waals surface area contributed by atoms with Gasteiger partial charge >= 0.3 is 18.0 Å². The number of rotatable bonds is 18. The highest BCUT2D eigenvalue weighted by Crippen LogP contribution is 2.40. The number of fused-ring (bicyclic) bond motifs is 1. The van der Waals surface area contributed by atoms with E-state index in [0.29, 0.717) is 6.42 Å². The Balaban J connectivity index is 1.69. The van der Waals surface area contributed by atoms with Crippen LogP contribution in [0.2, 0.25) is 0 Å². The third-order valence-electron chi connectivity index (χ3n) is 7.45. The van der Waals surface area contributed by atoms with Gasteiger partial charge in [0.15, 0.2) is 17.0 Å². The first-order chi connectivity index (χ1) is 19.8. The Morgan fingerprint density at radius 1 is 1.05 bits per heavy atom. The van der Waals surface area contributed by atoms with Crippen LogP contribution in [0, 0.1) is 18.4 Å². The number of hydrogen-bond donors (Lipinski definition) is 1. The fourth-order valence-corrected chi connectivity index (χ4v) is 5.05. The lowest BCUT2D eigenvalue weighted by Crippen LogP contribution is -2.45. The van der Waals surface area contributed by atoms with Gasteiger partial charge in [-0.1, -0.05) is 84.0 Å². The molecule has 41 heavy (non-hydrogen) atoms. The summed E-state index contributed by atoms with van der Waals surface area (Å²) in [6.07, 6.45) is 17.6. The van der Waals surface area contributed by atoms with Crippen LogP contribution in [0.5, 0.6) is 0 Å². The number of nitrogen functional groups attached to an aromatic ring is 1. The third kappa shape index (κ3) is 9.12. The summed E-state index contributed by atoms with van der Waals surface area (Å²) in [5.74, 6) is 1.68. The number of nitrogens with two attached hydrogens (primary N) is 1. The van der Waals surface area contributed by atoms with Crippen molar-refractivity contribution in [1.29, 1.82) is 0 Å². The fourth-order valence-electron chi connectivity index (χ4n) is 5.05. The molecule has 1 saturated heterocycles. The van der Waals surface area contributed by atoms with Gasteiger partial charge in [-0.2, -0.15) is 14.4 Å². The molecule has 226 valence electrons. The van der Waals surface area contributed by atoms with Crippen molar-refractivity contribution < 1.29 is 28.2 Å². The van der Waals surface area contributed by atoms with Gasteiger partial charge in [-0.15, -0.1) is 6.42 Å². The topological polar surface area (TPSA) is 131 Å². The van der Waals surface area contributed by atoms with Gasteiger partial charge in [-0.25, -0.2) is 4.98 Å². The number of unbranched alkanes of at least 4 members (excludes halogenated alkanes) is 10. The molecule has 2 aromatic heterocycles. The average Bonchev–Trinajstić information content (AvgIpc) is 3.53. The van der Waals surface area contributed by atoms with Crippen LogP contribution in [-0.4, -0.2) is 49.8 Å². The van der Waals surface area contributed by atoms with Crippen LogP contribution < -0.4 is 5.73 Å². The lowest BCUT2D eigenvalue weighted by atomic mass is 9.98. The maximum absolute atomic E-state index is 14.0. The number of hydrogen-bond acceptors (Lipinski definition) is 9. The number of esters is 2. The SMILES string of the molecule is C#CC1(COC(=O)CCCCCCCC)OC(n2cnc3c(N)nc(F)nc32)CC1OC(=O)CCCCCCCC. The molecule has 0 radical (unpaired) electrons. The minimum Gasteiger partial charge on any atom is -0.461 e. The zero-order valence-electron chi connectivity index (χ0n) is 24.4. The van der Waals surface area contributed by atoms with Gasteiger partial charge in [0.25, 0.3) is 0 Å². The van der Waals surface area contributed by atoms with E-state index in [2.05, 4.69) is 34.7 Å². The molecule has 2 N–H and O–H groups in total. The number of imidazole rings is 1. The van der Waals surface area contributed by atoms with E-state index >= 15 is 0 Å². The molecule has 1 fully saturated rings. The molecule has 3 unspecified atom stereocenters. The molecule has 3 rings (SSSR count). The lowest BCUT2D eigenvalue weighted by molar-refractivity contribution is -0.166. The molecule has 1 aliphatic heterocycles. The number of carbonyl (C=O) groups is 2. The Bertz CT molecular complexity index is 1180. The van der Waals surface area contributed by atoms with E-state index in [0.717, 1.165) is 57.8 Å². The summed E-state index contributed by atoms with van der Waals surface area (Å²) < 4.78 is 33.1. The molecule has 0 aromatic carbocycles. The maximum atomic E-state index is 14.0. The van der Waals surface area contributed by atoms with Crippen LogP contribution in [0.3, 0.4) is 0 Å². The van der Waals surface area contributed by atoms with Gasteiger partial charge in [0.2, 0.25) is 5.60 Å². The van der Waals surface area contributed by atoms with E-state index in [1.807, 2.05) is 0 Å². The summed E-state index contributed by atoms with van der Waals surface area (Å²) in [5, 5.41) is 0. The monoisotopic (exact) mass is 573 g/mol. The van der Waals surface area contributed by atoms with Gasteiger partial charge < -0.3 is 19.9 Å². The van der Waals surface area contributed by atoms with Crippen LogP contribution >= 0.6 is 0 Å². The first kappa shape index (κ1) is 32.3. The van der Waals surface area contributed by atoms with Gasteiger partial charge in [-0.05, 0) is 12.8 Å². The third-order valence-corrected chi connectivity index (χ3v) is 7.45. The van der Waals surface area contributed by atoms with Crippen molar-refractivity contribution in [2.45, 2.75) is 128 Å². The lowest BCUT2D eigenvalue weighted by Gasteiger charge is -2.28. The highest BCUT2D eigenvalue weighted by Gasteiger charge is 2.52. The van der Waals surface area contributed by atoms with E-state index in [4.69, 9.17) is 26.4 Å². The molecular formula is C30H44FN5O5. The summed E-state index contributed by atoms with van der Waals surface area (Å²) in [6, 6.07) is 0. The molecule has 0 spiro atoms. The van der Waals surface area contributed by atoms with E-state index in [1.165, 1.54) is 23.7 Å². The summed E-state index contributed by atoms with van der Waals surface area (Å²) in [5.41, 5.74) is 4.60. The molecule has 0 saturated carbocycles. The van der Waals surface area contributed by atoms with Gasteiger partial charge in [-0.3, -0.25) is 14.2 Å². The Labute approximate surface area is 241 Å². The first-order valence-corrected chi connectivity index (χ1v) is 15.0. The average molecular weight is 574 g/mol. The number of anilines is 1. The van der Waals surface area contributed by atoms with Crippen molar-refractivity contribution >= 4 is 28.9 Å². The van der Waals surface area contributed by atoms with Crippen LogP contribution in [-0.2, 0) is 23.8 Å². The van der Waals surface area contributed by atoms with Crippen molar-refractivity contribution in [3.05, 3.63) is 12.4 Å². The standard InChI is InChI=1S/C30H44FN5O5/c1-4-7-9-11-13-15-17-24(37)39-20-30(6-3)22(40-25(38)18-16-14-12-10-8-5-2)19-23(41-30)36-21-33-26-27(32)34-29(31)35-28(26)36/h3,21-23H,4-5,7-20H2,1-2H3,(H2,32,34,35). The molecule has 0 aliphatic carbocycles. The van der Waals surface area contributed by atoms with E-state index in [9.17, 15) is 14.0 Å². The minimum absolute atomic E-state index is 0.113. The van der Waals surface area contributed by atoms with Crippen LogP contribution in [0.1, 0.15) is 116 Å². The van der Waals surface area contributed by atoms with E-state index < -0.39 is 35.9 Å². The Hall–Kier alpha value is -3.26. The molecular weight excluding hydrogens is 529 g/mol. The molecule has 0 amide bonds. The van der Waals surface area contributed by atoms with Crippen molar-refractivity contribution in [1.82, 2.24) is 19.5 Å². The highest BCUT2D eigenvalue weighted by molar-refractivity contribution is 5.81. The van der Waals surface area contributed by atoms with Gasteiger partial charge in [0.05, 0.1) is 6.33 Å². The summed E-state index contributed by atoms with van der Waals surface area (Å²) >= 11 is 0. The van der Waals surface area contributed by atoms with Crippen molar-refractivity contribution in [2.24, 2.45) is 0 Å². The van der Waals surface area contributed by atoms with Crippen molar-refractivity contribution in [3.8, 4) is 12.3 Å². The maximum Gasteiger partial charge on any atom is 0.312 e. The molecule has 3 heterocycles. The second-order valence-electron chi connectivity index (χ2n) is 10.7. The number of nitrogens with zero attached hydrogens (tertiary/aromatic N) is 4. The van der Waals surface area contributed by atoms with Crippen LogP contribution in [0.4, 0.5) is 10.2 Å². The van der Waals surface area contributed by atoms with E-state index in [1.54, 1.807) is 0 Å². The number of halogens is 1. The largest absolute Gasteiger partial charge is 0.461 e. The predicted octanol–water partition coefficient (Wildman–Crippen LogP) is 5.79. The molecule has 10 nitrogen and oxygen atoms in total. The summed E-state index contributed by atoms with van der Waals surface area (Å²) in [7, 11) is 0. The van der Waals surface area contributed by atoms with E-state index in [-0.39, 0.29) is 42.9 Å². The van der Waals surface area contributed by atoms with Crippen LogP contribution in [0.25, 0.3) is 11.2 Å². The quantitative estimate of drug-likeness (QED) is 0.102.